The highest BCUT2D eigenvalue weighted by Crippen LogP contribution is 2.18. The Morgan fingerprint density at radius 3 is 2.47 bits per heavy atom. The Labute approximate surface area is 89.9 Å². The Balaban J connectivity index is 1.98. The topological polar surface area (TPSA) is 67.6 Å². The largest absolute Gasteiger partial charge is 0.378 e. The van der Waals surface area contributed by atoms with Gasteiger partial charge in [0, 0.05) is 13.1 Å². The summed E-state index contributed by atoms with van der Waals surface area (Å²) >= 11 is 0. The highest BCUT2D eigenvalue weighted by Gasteiger charge is 2.38. The highest BCUT2D eigenvalue weighted by molar-refractivity contribution is 5.86. The van der Waals surface area contributed by atoms with E-state index in [0.717, 1.165) is 25.9 Å². The SMILES string of the molecule is NC1(C(=O)N2CCOCC2)CCNCC1. The summed E-state index contributed by atoms with van der Waals surface area (Å²) in [6.45, 7) is 4.33. The molecule has 5 nitrogen and oxygen atoms in total. The number of nitrogens with one attached hydrogen (secondary N) is 1. The maximum absolute atomic E-state index is 12.2. The lowest BCUT2D eigenvalue weighted by Crippen LogP contribution is -2.61. The number of hydrogen-bond donors (Lipinski definition) is 2. The molecular weight excluding hydrogens is 194 g/mol. The number of amides is 1. The van der Waals surface area contributed by atoms with E-state index < -0.39 is 5.54 Å². The van der Waals surface area contributed by atoms with Crippen molar-refractivity contribution in [3.05, 3.63) is 0 Å². The first-order valence-corrected chi connectivity index (χ1v) is 5.59. The molecule has 0 bridgehead atoms. The normalized spacial score (nSPS) is 26.3. The monoisotopic (exact) mass is 213 g/mol. The first-order chi connectivity index (χ1) is 7.22. The third-order valence-corrected chi connectivity index (χ3v) is 3.22. The molecule has 15 heavy (non-hydrogen) atoms. The van der Waals surface area contributed by atoms with Crippen molar-refractivity contribution in [2.45, 2.75) is 18.4 Å². The van der Waals surface area contributed by atoms with Crippen LogP contribution in [0.1, 0.15) is 12.8 Å². The van der Waals surface area contributed by atoms with Crippen molar-refractivity contribution in [1.82, 2.24) is 10.2 Å². The van der Waals surface area contributed by atoms with Crippen molar-refractivity contribution < 1.29 is 9.53 Å². The van der Waals surface area contributed by atoms with Crippen molar-refractivity contribution in [1.29, 1.82) is 0 Å². The van der Waals surface area contributed by atoms with Gasteiger partial charge in [0.2, 0.25) is 5.91 Å². The fraction of sp³-hybridized carbons (Fsp3) is 0.900. The first kappa shape index (κ1) is 10.9. The van der Waals surface area contributed by atoms with Crippen LogP contribution < -0.4 is 11.1 Å². The van der Waals surface area contributed by atoms with Gasteiger partial charge in [-0.3, -0.25) is 4.79 Å². The number of nitrogens with zero attached hydrogens (tertiary/aromatic N) is 1. The van der Waals surface area contributed by atoms with E-state index in [1.165, 1.54) is 0 Å². The number of piperidine rings is 1. The maximum Gasteiger partial charge on any atom is 0.242 e. The molecule has 2 aliphatic heterocycles. The first-order valence-electron chi connectivity index (χ1n) is 5.59. The molecule has 0 aromatic heterocycles. The lowest BCUT2D eigenvalue weighted by molar-refractivity contribution is -0.142. The average molecular weight is 213 g/mol. The number of hydrogen-bond acceptors (Lipinski definition) is 4. The van der Waals surface area contributed by atoms with Gasteiger partial charge in [-0.2, -0.15) is 0 Å². The van der Waals surface area contributed by atoms with Crippen LogP contribution >= 0.6 is 0 Å². The molecule has 0 saturated carbocycles. The Bertz CT molecular complexity index is 233. The Morgan fingerprint density at radius 1 is 1.27 bits per heavy atom. The average Bonchev–Trinajstić information content (AvgIpc) is 2.30. The van der Waals surface area contributed by atoms with E-state index in [1.807, 2.05) is 4.90 Å². The van der Waals surface area contributed by atoms with Crippen LogP contribution in [0.2, 0.25) is 0 Å². The van der Waals surface area contributed by atoms with Crippen LogP contribution in [0.3, 0.4) is 0 Å². The zero-order chi connectivity index (χ0) is 10.7. The summed E-state index contributed by atoms with van der Waals surface area (Å²) < 4.78 is 5.22. The molecule has 1 amide bonds. The lowest BCUT2D eigenvalue weighted by Gasteiger charge is -2.38. The van der Waals surface area contributed by atoms with Gasteiger partial charge in [-0.25, -0.2) is 0 Å². The zero-order valence-electron chi connectivity index (χ0n) is 9.00. The Morgan fingerprint density at radius 2 is 1.87 bits per heavy atom. The van der Waals surface area contributed by atoms with Crippen LogP contribution in [0, 0.1) is 0 Å². The van der Waals surface area contributed by atoms with Crippen molar-refractivity contribution in [3.8, 4) is 0 Å². The summed E-state index contributed by atoms with van der Waals surface area (Å²) in [6.07, 6.45) is 1.48. The van der Waals surface area contributed by atoms with Crippen molar-refractivity contribution in [2.75, 3.05) is 39.4 Å². The zero-order valence-corrected chi connectivity index (χ0v) is 9.00. The summed E-state index contributed by atoms with van der Waals surface area (Å²) in [5.41, 5.74) is 5.53. The van der Waals surface area contributed by atoms with Crippen molar-refractivity contribution in [3.63, 3.8) is 0 Å². The standard InChI is InChI=1S/C10H19N3O2/c11-10(1-3-12-4-2-10)9(14)13-5-7-15-8-6-13/h12H,1-8,11H2. The molecule has 0 aliphatic carbocycles. The van der Waals surface area contributed by atoms with E-state index in [0.29, 0.717) is 26.3 Å². The van der Waals surface area contributed by atoms with Crippen LogP contribution in [0.15, 0.2) is 0 Å². The van der Waals surface area contributed by atoms with Gasteiger partial charge in [0.15, 0.2) is 0 Å². The van der Waals surface area contributed by atoms with Crippen molar-refractivity contribution in [2.24, 2.45) is 5.73 Å². The number of carbonyl (C=O) groups excluding carboxylic acids is 1. The van der Waals surface area contributed by atoms with Gasteiger partial charge in [0.25, 0.3) is 0 Å². The fourth-order valence-corrected chi connectivity index (χ4v) is 2.17. The van der Waals surface area contributed by atoms with Gasteiger partial charge in [0.1, 0.15) is 0 Å². The molecule has 2 heterocycles. The summed E-state index contributed by atoms with van der Waals surface area (Å²) in [6, 6.07) is 0. The second-order valence-corrected chi connectivity index (χ2v) is 4.31. The van der Waals surface area contributed by atoms with Gasteiger partial charge in [-0.15, -0.1) is 0 Å². The van der Waals surface area contributed by atoms with E-state index >= 15 is 0 Å². The molecule has 0 spiro atoms. The number of carbonyl (C=O) groups is 1. The smallest absolute Gasteiger partial charge is 0.242 e. The molecule has 2 fully saturated rings. The summed E-state index contributed by atoms with van der Waals surface area (Å²) in [5, 5.41) is 3.22. The minimum absolute atomic E-state index is 0.104. The number of nitrogens with two attached hydrogens (primary N) is 1. The summed E-state index contributed by atoms with van der Waals surface area (Å²) in [4.78, 5) is 14.0. The predicted octanol–water partition coefficient (Wildman–Crippen LogP) is -1.07. The summed E-state index contributed by atoms with van der Waals surface area (Å²) in [5.74, 6) is 0.104. The van der Waals surface area contributed by atoms with Crippen LogP contribution in [0.25, 0.3) is 0 Å². The molecule has 5 heteroatoms. The lowest BCUT2D eigenvalue weighted by atomic mass is 9.88. The molecule has 0 aromatic rings. The Hall–Kier alpha value is -0.650. The second-order valence-electron chi connectivity index (χ2n) is 4.31. The van der Waals surface area contributed by atoms with Gasteiger partial charge >= 0.3 is 0 Å². The minimum atomic E-state index is -0.636. The van der Waals surface area contributed by atoms with Crippen LogP contribution in [0.5, 0.6) is 0 Å². The van der Waals surface area contributed by atoms with Crippen LogP contribution in [-0.4, -0.2) is 55.7 Å². The molecule has 2 aliphatic rings. The molecular formula is C10H19N3O2. The van der Waals surface area contributed by atoms with Gasteiger partial charge in [0.05, 0.1) is 18.8 Å². The van der Waals surface area contributed by atoms with E-state index in [9.17, 15) is 4.79 Å². The third kappa shape index (κ3) is 2.30. The fourth-order valence-electron chi connectivity index (χ4n) is 2.17. The molecule has 86 valence electrons. The van der Waals surface area contributed by atoms with Crippen molar-refractivity contribution >= 4 is 5.91 Å². The van der Waals surface area contributed by atoms with Gasteiger partial charge in [-0.1, -0.05) is 0 Å². The number of ether oxygens (including phenoxy) is 1. The van der Waals surface area contributed by atoms with E-state index in [-0.39, 0.29) is 5.91 Å². The summed E-state index contributed by atoms with van der Waals surface area (Å²) in [7, 11) is 0. The van der Waals surface area contributed by atoms with E-state index in [1.54, 1.807) is 0 Å². The molecule has 2 rings (SSSR count). The number of rotatable bonds is 1. The Kier molecular flexibility index (Phi) is 3.23. The molecule has 0 radical (unpaired) electrons. The molecule has 0 unspecified atom stereocenters. The molecule has 0 aromatic carbocycles. The predicted molar refractivity (Wildman–Crippen MR) is 56.4 cm³/mol. The maximum atomic E-state index is 12.2. The molecule has 3 N–H and O–H groups in total. The van der Waals surface area contributed by atoms with E-state index in [4.69, 9.17) is 10.5 Å². The minimum Gasteiger partial charge on any atom is -0.378 e. The van der Waals surface area contributed by atoms with E-state index in [2.05, 4.69) is 5.32 Å². The quantitative estimate of drug-likeness (QED) is 0.582. The third-order valence-electron chi connectivity index (χ3n) is 3.22. The second kappa shape index (κ2) is 4.47. The van der Waals surface area contributed by atoms with Gasteiger partial charge < -0.3 is 20.7 Å². The highest BCUT2D eigenvalue weighted by atomic mass is 16.5. The van der Waals surface area contributed by atoms with Crippen LogP contribution in [-0.2, 0) is 9.53 Å². The molecule has 2 saturated heterocycles. The van der Waals surface area contributed by atoms with Crippen LogP contribution in [0.4, 0.5) is 0 Å². The molecule has 0 atom stereocenters. The number of morpholine rings is 1. The van der Waals surface area contributed by atoms with Gasteiger partial charge in [-0.05, 0) is 25.9 Å².